The van der Waals surface area contributed by atoms with Crippen molar-refractivity contribution in [3.8, 4) is 22.1 Å². The molecular weight excluding hydrogens is 400 g/mol. The van der Waals surface area contributed by atoms with Gasteiger partial charge in [0.1, 0.15) is 21.9 Å². The number of anilines is 1. The van der Waals surface area contributed by atoms with E-state index in [1.54, 1.807) is 11.7 Å². The molecule has 1 aromatic heterocycles. The van der Waals surface area contributed by atoms with Crippen molar-refractivity contribution in [1.29, 1.82) is 0 Å². The molecule has 0 aliphatic carbocycles. The molecule has 0 radical (unpaired) electrons. The molecule has 0 spiro atoms. The van der Waals surface area contributed by atoms with Crippen LogP contribution in [0.4, 0.5) is 5.13 Å². The second-order valence-corrected chi connectivity index (χ2v) is 7.98. The van der Waals surface area contributed by atoms with Crippen LogP contribution in [0.2, 0.25) is 0 Å². The second kappa shape index (κ2) is 7.84. The minimum atomic E-state index is -0.549. The molecule has 1 atom stereocenters. The van der Waals surface area contributed by atoms with Crippen LogP contribution in [-0.4, -0.2) is 32.3 Å². The third-order valence-electron chi connectivity index (χ3n) is 5.39. The summed E-state index contributed by atoms with van der Waals surface area (Å²) in [6, 6.07) is 16.7. The molecule has 3 aromatic rings. The van der Waals surface area contributed by atoms with Crippen molar-refractivity contribution < 1.29 is 23.9 Å². The highest BCUT2D eigenvalue weighted by atomic mass is 32.1. The Morgan fingerprint density at radius 3 is 2.53 bits per heavy atom. The lowest BCUT2D eigenvalue weighted by Crippen LogP contribution is -2.50. The molecule has 0 saturated heterocycles. The predicted molar refractivity (Wildman–Crippen MR) is 116 cm³/mol. The molecule has 1 aliphatic rings. The van der Waals surface area contributed by atoms with Gasteiger partial charge in [-0.05, 0) is 36.0 Å². The Morgan fingerprint density at radius 1 is 1.13 bits per heavy atom. The summed E-state index contributed by atoms with van der Waals surface area (Å²) in [5.74, 6) is 0.348. The number of fused-ring (bicyclic) bond motifs is 1. The van der Waals surface area contributed by atoms with Gasteiger partial charge in [-0.15, -0.1) is 0 Å². The number of aromatic hydroxyl groups is 1. The van der Waals surface area contributed by atoms with E-state index < -0.39 is 12.0 Å². The first-order valence-electron chi connectivity index (χ1n) is 9.47. The highest BCUT2D eigenvalue weighted by molar-refractivity contribution is 7.18. The lowest BCUT2D eigenvalue weighted by atomic mass is 9.94. The van der Waals surface area contributed by atoms with E-state index in [1.807, 2.05) is 73.5 Å². The van der Waals surface area contributed by atoms with Gasteiger partial charge in [-0.1, -0.05) is 42.5 Å². The number of methoxy groups -OCH3 is 2. The molecule has 0 unspecified atom stereocenters. The fourth-order valence-corrected chi connectivity index (χ4v) is 4.96. The van der Waals surface area contributed by atoms with Crippen molar-refractivity contribution in [3.63, 3.8) is 0 Å². The third-order valence-corrected chi connectivity index (χ3v) is 6.67. The molecule has 154 valence electrons. The summed E-state index contributed by atoms with van der Waals surface area (Å²) in [5, 5.41) is 12.1. The molecular formula is C23H23N2O4S+. The molecule has 4 rings (SSSR count). The van der Waals surface area contributed by atoms with E-state index in [0.29, 0.717) is 11.3 Å². The zero-order valence-electron chi connectivity index (χ0n) is 17.2. The van der Waals surface area contributed by atoms with Gasteiger partial charge in [-0.25, -0.2) is 9.69 Å². The number of rotatable bonds is 4. The summed E-state index contributed by atoms with van der Waals surface area (Å²) < 4.78 is 12.3. The number of thiazole rings is 1. The standard InChI is InChI=1S/C23H22N2O4S/c1-14-18(22(27)29-4)19(16-11-8-12-17(13-16)28-3)25-21(26)20(30-23(25)24(14)2)15-9-6-5-7-10-15/h5-13,19H,1-4H3/p+1/t19-/m0/s1. The minimum absolute atomic E-state index is 0.106. The fraction of sp³-hybridized carbons (Fsp3) is 0.217. The maximum atomic E-state index is 12.8. The predicted octanol–water partition coefficient (Wildman–Crippen LogP) is 3.90. The molecule has 1 N–H and O–H groups in total. The topological polar surface area (TPSA) is 62.9 Å². The zero-order valence-corrected chi connectivity index (χ0v) is 18.1. The number of aromatic nitrogens is 1. The Labute approximate surface area is 179 Å². The summed E-state index contributed by atoms with van der Waals surface area (Å²) in [4.78, 5) is 15.5. The number of allylic oxidation sites excluding steroid dienone is 1. The van der Waals surface area contributed by atoms with Crippen LogP contribution in [0, 0.1) is 0 Å². The van der Waals surface area contributed by atoms with Crippen LogP contribution in [-0.2, 0) is 9.53 Å². The third kappa shape index (κ3) is 3.11. The maximum Gasteiger partial charge on any atom is 0.345 e. The highest BCUT2D eigenvalue weighted by Crippen LogP contribution is 2.44. The lowest BCUT2D eigenvalue weighted by molar-refractivity contribution is -0.695. The summed E-state index contributed by atoms with van der Waals surface area (Å²) in [5.41, 5.74) is 2.98. The monoisotopic (exact) mass is 423 g/mol. The molecule has 2 aromatic carbocycles. The van der Waals surface area contributed by atoms with Crippen molar-refractivity contribution in [2.24, 2.45) is 0 Å². The SMILES string of the molecule is COC(=O)C1=C(C)N(C)c2sc(-c3ccccc3)c(O)[n+]2[C@H]1c1cccc(OC)c1. The van der Waals surface area contributed by atoms with Gasteiger partial charge in [-0.2, -0.15) is 4.57 Å². The summed E-state index contributed by atoms with van der Waals surface area (Å²) >= 11 is 1.48. The van der Waals surface area contributed by atoms with Crippen molar-refractivity contribution in [1.82, 2.24) is 0 Å². The molecule has 6 nitrogen and oxygen atoms in total. The van der Waals surface area contributed by atoms with Gasteiger partial charge in [0.05, 0.1) is 21.3 Å². The van der Waals surface area contributed by atoms with Gasteiger partial charge in [0.2, 0.25) is 0 Å². The average Bonchev–Trinajstić information content (AvgIpc) is 3.13. The van der Waals surface area contributed by atoms with Crippen LogP contribution < -0.4 is 14.2 Å². The molecule has 30 heavy (non-hydrogen) atoms. The Hall–Kier alpha value is -3.32. The number of hydrogen-bond acceptors (Lipinski definition) is 6. The number of carbonyl (C=O) groups excluding carboxylic acids is 1. The first-order chi connectivity index (χ1) is 14.5. The lowest BCUT2D eigenvalue weighted by Gasteiger charge is -2.27. The van der Waals surface area contributed by atoms with E-state index in [2.05, 4.69) is 0 Å². The average molecular weight is 424 g/mol. The summed E-state index contributed by atoms with van der Waals surface area (Å²) in [6.45, 7) is 1.89. The molecule has 1 aliphatic heterocycles. The maximum absolute atomic E-state index is 12.8. The molecule has 2 heterocycles. The Balaban J connectivity index is 2.00. The van der Waals surface area contributed by atoms with E-state index in [-0.39, 0.29) is 5.88 Å². The van der Waals surface area contributed by atoms with E-state index in [1.165, 1.54) is 18.4 Å². The van der Waals surface area contributed by atoms with Crippen LogP contribution in [0.5, 0.6) is 11.6 Å². The van der Waals surface area contributed by atoms with Crippen LogP contribution in [0.3, 0.4) is 0 Å². The summed E-state index contributed by atoms with van der Waals surface area (Å²) in [6.07, 6.45) is 0. The van der Waals surface area contributed by atoms with E-state index >= 15 is 0 Å². The van der Waals surface area contributed by atoms with E-state index in [4.69, 9.17) is 9.47 Å². The first kappa shape index (κ1) is 20.0. The Bertz CT molecular complexity index is 1140. The van der Waals surface area contributed by atoms with Crippen LogP contribution in [0.1, 0.15) is 18.5 Å². The highest BCUT2D eigenvalue weighted by Gasteiger charge is 2.45. The van der Waals surface area contributed by atoms with Gasteiger partial charge in [0, 0.05) is 5.56 Å². The van der Waals surface area contributed by atoms with Crippen molar-refractivity contribution in [2.45, 2.75) is 13.0 Å². The number of ether oxygens (including phenoxy) is 2. The van der Waals surface area contributed by atoms with E-state index in [0.717, 1.165) is 26.8 Å². The molecule has 0 fully saturated rings. The van der Waals surface area contributed by atoms with Crippen LogP contribution in [0.15, 0.2) is 65.9 Å². The number of esters is 1. The number of hydrogen-bond donors (Lipinski definition) is 1. The quantitative estimate of drug-likeness (QED) is 0.509. The zero-order chi connectivity index (χ0) is 21.4. The second-order valence-electron chi connectivity index (χ2n) is 7.00. The molecule has 0 amide bonds. The van der Waals surface area contributed by atoms with E-state index in [9.17, 15) is 9.90 Å². The Kier molecular flexibility index (Phi) is 5.22. The van der Waals surface area contributed by atoms with Gasteiger partial charge in [-0.3, -0.25) is 0 Å². The first-order valence-corrected chi connectivity index (χ1v) is 10.3. The Morgan fingerprint density at radius 2 is 1.87 bits per heavy atom. The van der Waals surface area contributed by atoms with Crippen molar-refractivity contribution in [2.75, 3.05) is 26.2 Å². The molecule has 7 heteroatoms. The molecule has 0 bridgehead atoms. The summed E-state index contributed by atoms with van der Waals surface area (Å²) in [7, 11) is 4.86. The van der Waals surface area contributed by atoms with Crippen LogP contribution in [0.25, 0.3) is 10.4 Å². The number of carbonyl (C=O) groups is 1. The van der Waals surface area contributed by atoms with Crippen molar-refractivity contribution >= 4 is 22.4 Å². The normalized spacial score (nSPS) is 15.7. The minimum Gasteiger partial charge on any atom is -0.497 e. The van der Waals surface area contributed by atoms with Gasteiger partial charge < -0.3 is 14.6 Å². The van der Waals surface area contributed by atoms with Gasteiger partial charge in [0.15, 0.2) is 6.04 Å². The fourth-order valence-electron chi connectivity index (χ4n) is 3.77. The largest absolute Gasteiger partial charge is 0.497 e. The van der Waals surface area contributed by atoms with Crippen LogP contribution >= 0.6 is 11.3 Å². The van der Waals surface area contributed by atoms with Crippen molar-refractivity contribution in [3.05, 3.63) is 71.4 Å². The number of nitrogens with zero attached hydrogens (tertiary/aromatic N) is 2. The van der Waals surface area contributed by atoms with Gasteiger partial charge >= 0.3 is 17.0 Å². The molecule has 0 saturated carbocycles. The smallest absolute Gasteiger partial charge is 0.345 e. The van der Waals surface area contributed by atoms with Gasteiger partial charge in [0.25, 0.3) is 0 Å². The number of benzene rings is 2.